The minimum absolute atomic E-state index is 0.0702. The smallest absolute Gasteiger partial charge is 0.254 e. The number of carbonyl (C=O) groups is 1. The number of thiophene rings is 1. The molecular formula is C25H28I2N2O2S. The summed E-state index contributed by atoms with van der Waals surface area (Å²) in [4.78, 5) is 19.5. The topological polar surface area (TPSA) is 50.7 Å². The van der Waals surface area contributed by atoms with Crippen LogP contribution >= 0.6 is 56.5 Å². The zero-order valence-corrected chi connectivity index (χ0v) is 23.2. The Morgan fingerprint density at radius 2 is 1.88 bits per heavy atom. The van der Waals surface area contributed by atoms with Gasteiger partial charge in [0.1, 0.15) is 17.4 Å². The fraction of sp³-hybridized carbons (Fsp3) is 0.440. The molecule has 2 aromatic rings. The van der Waals surface area contributed by atoms with E-state index in [2.05, 4.69) is 69.2 Å². The molecule has 4 rings (SSSR count). The molecule has 1 N–H and O–H groups in total. The molecule has 0 unspecified atom stereocenters. The van der Waals surface area contributed by atoms with Crippen LogP contribution < -0.4 is 10.1 Å². The minimum Gasteiger partial charge on any atom is -0.487 e. The zero-order chi connectivity index (χ0) is 22.5. The molecule has 1 amide bonds. The first-order valence-corrected chi connectivity index (χ1v) is 14.3. The molecule has 170 valence electrons. The predicted molar refractivity (Wildman–Crippen MR) is 150 cm³/mol. The van der Waals surface area contributed by atoms with Gasteiger partial charge in [0.25, 0.3) is 5.91 Å². The SMILES string of the molecule is C=CCOc1c(I)cc(/C=N\c2sc3c(c2C(=O)NC2CCCCC2)CCCC3)cc1I. The van der Waals surface area contributed by atoms with Crippen LogP contribution in [0.2, 0.25) is 0 Å². The lowest BCUT2D eigenvalue weighted by Crippen LogP contribution is -2.36. The second-order valence-electron chi connectivity index (χ2n) is 8.37. The van der Waals surface area contributed by atoms with E-state index in [1.165, 1.54) is 36.1 Å². The van der Waals surface area contributed by atoms with E-state index in [4.69, 9.17) is 9.73 Å². The van der Waals surface area contributed by atoms with E-state index >= 15 is 0 Å². The van der Waals surface area contributed by atoms with Gasteiger partial charge in [0, 0.05) is 17.1 Å². The number of halogens is 2. The lowest BCUT2D eigenvalue weighted by atomic mass is 9.93. The predicted octanol–water partition coefficient (Wildman–Crippen LogP) is 7.21. The van der Waals surface area contributed by atoms with Gasteiger partial charge in [-0.1, -0.05) is 31.9 Å². The summed E-state index contributed by atoms with van der Waals surface area (Å²) < 4.78 is 7.86. The van der Waals surface area contributed by atoms with Crippen molar-refractivity contribution in [1.29, 1.82) is 0 Å². The van der Waals surface area contributed by atoms with Crippen LogP contribution in [-0.4, -0.2) is 24.8 Å². The average Bonchev–Trinajstić information content (AvgIpc) is 3.16. The van der Waals surface area contributed by atoms with Crippen LogP contribution in [0.15, 0.2) is 29.8 Å². The molecule has 1 saturated carbocycles. The van der Waals surface area contributed by atoms with Gasteiger partial charge in [0.2, 0.25) is 0 Å². The van der Waals surface area contributed by atoms with Crippen molar-refractivity contribution in [2.45, 2.75) is 63.8 Å². The molecule has 0 aliphatic heterocycles. The van der Waals surface area contributed by atoms with E-state index in [-0.39, 0.29) is 5.91 Å². The summed E-state index contributed by atoms with van der Waals surface area (Å²) in [5.74, 6) is 0.947. The summed E-state index contributed by atoms with van der Waals surface area (Å²) >= 11 is 6.29. The molecule has 0 bridgehead atoms. The molecule has 2 aliphatic rings. The minimum atomic E-state index is 0.0702. The lowest BCUT2D eigenvalue weighted by molar-refractivity contribution is 0.0927. The number of aliphatic imine (C=N–C) groups is 1. The van der Waals surface area contributed by atoms with E-state index in [1.807, 2.05) is 6.21 Å². The van der Waals surface area contributed by atoms with Gasteiger partial charge in [-0.3, -0.25) is 4.79 Å². The Morgan fingerprint density at radius 3 is 2.59 bits per heavy atom. The molecule has 0 radical (unpaired) electrons. The summed E-state index contributed by atoms with van der Waals surface area (Å²) in [7, 11) is 0. The van der Waals surface area contributed by atoms with Crippen LogP contribution in [-0.2, 0) is 12.8 Å². The summed E-state index contributed by atoms with van der Waals surface area (Å²) in [6, 6.07) is 4.44. The third-order valence-corrected chi connectivity index (χ3v) is 8.82. The fourth-order valence-corrected chi connectivity index (χ4v) is 7.81. The highest BCUT2D eigenvalue weighted by Gasteiger charge is 2.27. The Balaban J connectivity index is 1.60. The lowest BCUT2D eigenvalue weighted by Gasteiger charge is -2.23. The number of hydrogen-bond acceptors (Lipinski definition) is 4. The number of rotatable bonds is 7. The van der Waals surface area contributed by atoms with E-state index < -0.39 is 0 Å². The fourth-order valence-electron chi connectivity index (χ4n) is 4.45. The highest BCUT2D eigenvalue weighted by molar-refractivity contribution is 14.1. The maximum Gasteiger partial charge on any atom is 0.254 e. The van der Waals surface area contributed by atoms with Crippen LogP contribution in [0.25, 0.3) is 0 Å². The highest BCUT2D eigenvalue weighted by atomic mass is 127. The largest absolute Gasteiger partial charge is 0.487 e. The van der Waals surface area contributed by atoms with Crippen LogP contribution in [0, 0.1) is 7.14 Å². The van der Waals surface area contributed by atoms with Crippen LogP contribution in [0.1, 0.15) is 71.3 Å². The summed E-state index contributed by atoms with van der Waals surface area (Å²) in [5.41, 5.74) is 3.07. The van der Waals surface area contributed by atoms with Crippen molar-refractivity contribution in [2.75, 3.05) is 6.61 Å². The van der Waals surface area contributed by atoms with Crippen molar-refractivity contribution in [2.24, 2.45) is 4.99 Å². The first-order chi connectivity index (χ1) is 15.6. The quantitative estimate of drug-likeness (QED) is 0.192. The van der Waals surface area contributed by atoms with E-state index in [9.17, 15) is 4.79 Å². The monoisotopic (exact) mass is 674 g/mol. The third-order valence-electron chi connectivity index (χ3n) is 6.02. The molecule has 0 spiro atoms. The summed E-state index contributed by atoms with van der Waals surface area (Å²) in [6.45, 7) is 4.21. The molecule has 0 atom stereocenters. The molecule has 2 aliphatic carbocycles. The number of fused-ring (bicyclic) bond motifs is 1. The summed E-state index contributed by atoms with van der Waals surface area (Å²) in [6.07, 6.45) is 13.9. The Bertz CT molecular complexity index is 1000. The van der Waals surface area contributed by atoms with Crippen molar-refractivity contribution in [3.63, 3.8) is 0 Å². The maximum atomic E-state index is 13.3. The van der Waals surface area contributed by atoms with Gasteiger partial charge in [0.15, 0.2) is 0 Å². The van der Waals surface area contributed by atoms with Crippen molar-refractivity contribution < 1.29 is 9.53 Å². The summed E-state index contributed by atoms with van der Waals surface area (Å²) in [5, 5.41) is 4.17. The van der Waals surface area contributed by atoms with Crippen LogP contribution in [0.5, 0.6) is 5.75 Å². The number of ether oxygens (including phenoxy) is 1. The third kappa shape index (κ3) is 5.75. The Kier molecular flexibility index (Phi) is 8.67. The standard InChI is InChI=1S/C25H28I2N2O2S/c1-2-12-31-23-19(26)13-16(14-20(23)27)15-28-25-22(18-10-6-7-11-21(18)32-25)24(30)29-17-8-4-3-5-9-17/h2,13-15,17H,1,3-12H2,(H,29,30)/b28-15-. The molecule has 0 saturated heterocycles. The molecule has 1 aromatic heterocycles. The molecular weight excluding hydrogens is 646 g/mol. The number of nitrogens with zero attached hydrogens (tertiary/aromatic N) is 1. The zero-order valence-electron chi connectivity index (χ0n) is 18.1. The normalized spacial score (nSPS) is 16.7. The Hall–Kier alpha value is -0.940. The van der Waals surface area contributed by atoms with Gasteiger partial charge in [-0.05, 0) is 107 Å². The number of aryl methyl sites for hydroxylation is 1. The first-order valence-electron chi connectivity index (χ1n) is 11.3. The van der Waals surface area contributed by atoms with E-state index in [0.717, 1.165) is 61.1 Å². The molecule has 1 heterocycles. The molecule has 32 heavy (non-hydrogen) atoms. The van der Waals surface area contributed by atoms with Gasteiger partial charge in [-0.25, -0.2) is 4.99 Å². The maximum absolute atomic E-state index is 13.3. The molecule has 4 nitrogen and oxygen atoms in total. The second kappa shape index (κ2) is 11.5. The molecule has 1 fully saturated rings. The van der Waals surface area contributed by atoms with Gasteiger partial charge in [-0.2, -0.15) is 0 Å². The van der Waals surface area contributed by atoms with Gasteiger partial charge in [-0.15, -0.1) is 11.3 Å². The number of carbonyl (C=O) groups excluding carboxylic acids is 1. The number of nitrogens with one attached hydrogen (secondary N) is 1. The number of hydrogen-bond donors (Lipinski definition) is 1. The van der Waals surface area contributed by atoms with E-state index in [0.29, 0.717) is 12.6 Å². The molecule has 1 aromatic carbocycles. The van der Waals surface area contributed by atoms with Crippen molar-refractivity contribution in [3.8, 4) is 5.75 Å². The average molecular weight is 674 g/mol. The van der Waals surface area contributed by atoms with E-state index in [1.54, 1.807) is 17.4 Å². The molecule has 7 heteroatoms. The van der Waals surface area contributed by atoms with Crippen molar-refractivity contribution in [3.05, 3.63) is 53.5 Å². The Labute approximate surface area is 221 Å². The Morgan fingerprint density at radius 1 is 1.16 bits per heavy atom. The second-order valence-corrected chi connectivity index (χ2v) is 11.8. The van der Waals surface area contributed by atoms with Crippen LogP contribution in [0.4, 0.5) is 5.00 Å². The van der Waals surface area contributed by atoms with Gasteiger partial charge < -0.3 is 10.1 Å². The first kappa shape index (κ1) is 24.2. The van der Waals surface area contributed by atoms with Gasteiger partial charge in [0.05, 0.1) is 12.7 Å². The number of amides is 1. The number of benzene rings is 1. The van der Waals surface area contributed by atoms with Crippen LogP contribution in [0.3, 0.4) is 0 Å². The highest BCUT2D eigenvalue weighted by Crippen LogP contribution is 2.40. The van der Waals surface area contributed by atoms with Crippen molar-refractivity contribution >= 4 is 73.6 Å². The van der Waals surface area contributed by atoms with Crippen molar-refractivity contribution in [1.82, 2.24) is 5.32 Å². The van der Waals surface area contributed by atoms with Gasteiger partial charge >= 0.3 is 0 Å².